The van der Waals surface area contributed by atoms with Crippen molar-refractivity contribution in [3.05, 3.63) is 0 Å². The summed E-state index contributed by atoms with van der Waals surface area (Å²) >= 11 is 0. The highest BCUT2D eigenvalue weighted by atomic mass is 16.7. The average molecular weight is 186 g/mol. The van der Waals surface area contributed by atoms with Crippen LogP contribution in [0.25, 0.3) is 0 Å². The van der Waals surface area contributed by atoms with Crippen molar-refractivity contribution in [1.29, 1.82) is 0 Å². The Labute approximate surface area is 79.0 Å². The molecule has 1 saturated carbocycles. The molecule has 1 saturated heterocycles. The van der Waals surface area contributed by atoms with E-state index in [1.807, 2.05) is 0 Å². The maximum absolute atomic E-state index is 9.36. The fraction of sp³-hybridized carbons (Fsp3) is 1.00. The van der Waals surface area contributed by atoms with Crippen LogP contribution in [0.1, 0.15) is 39.0 Å². The molecule has 76 valence electrons. The number of hydrogen-bond donors (Lipinski definition) is 1. The Morgan fingerprint density at radius 2 is 2.00 bits per heavy atom. The van der Waals surface area contributed by atoms with Crippen LogP contribution in [0.15, 0.2) is 0 Å². The van der Waals surface area contributed by atoms with Gasteiger partial charge in [-0.25, -0.2) is 0 Å². The van der Waals surface area contributed by atoms with Gasteiger partial charge in [0, 0.05) is 12.8 Å². The van der Waals surface area contributed by atoms with Crippen molar-refractivity contribution in [2.75, 3.05) is 6.61 Å². The lowest BCUT2D eigenvalue weighted by Gasteiger charge is -2.32. The van der Waals surface area contributed by atoms with E-state index in [0.29, 0.717) is 6.61 Å². The minimum absolute atomic E-state index is 0.113. The lowest BCUT2D eigenvalue weighted by molar-refractivity contribution is -0.194. The van der Waals surface area contributed by atoms with Gasteiger partial charge in [-0.15, -0.1) is 0 Å². The molecule has 0 aromatic carbocycles. The summed E-state index contributed by atoms with van der Waals surface area (Å²) in [5.41, 5.74) is 0. The normalized spacial score (nSPS) is 35.1. The summed E-state index contributed by atoms with van der Waals surface area (Å²) < 4.78 is 11.5. The van der Waals surface area contributed by atoms with Gasteiger partial charge in [0.2, 0.25) is 0 Å². The molecule has 1 aliphatic heterocycles. The van der Waals surface area contributed by atoms with Crippen LogP contribution in [0, 0.1) is 0 Å². The molecule has 1 heterocycles. The van der Waals surface area contributed by atoms with E-state index in [0.717, 1.165) is 12.8 Å². The quantitative estimate of drug-likeness (QED) is 0.673. The van der Waals surface area contributed by atoms with E-state index in [1.54, 1.807) is 6.92 Å². The summed E-state index contributed by atoms with van der Waals surface area (Å²) in [6, 6.07) is 0. The minimum atomic E-state index is -0.415. The smallest absolute Gasteiger partial charge is 0.169 e. The number of aliphatic hydroxyl groups is 1. The van der Waals surface area contributed by atoms with Gasteiger partial charge < -0.3 is 14.6 Å². The predicted octanol–water partition coefficient (Wildman–Crippen LogP) is 1.44. The molecule has 2 aliphatic rings. The third kappa shape index (κ3) is 1.87. The Morgan fingerprint density at radius 3 is 2.54 bits per heavy atom. The molecule has 1 N–H and O–H groups in total. The molecule has 0 aromatic heterocycles. The van der Waals surface area contributed by atoms with Gasteiger partial charge in [-0.1, -0.05) is 6.42 Å². The van der Waals surface area contributed by atoms with Crippen LogP contribution < -0.4 is 0 Å². The van der Waals surface area contributed by atoms with Crippen molar-refractivity contribution >= 4 is 0 Å². The van der Waals surface area contributed by atoms with Crippen molar-refractivity contribution in [3.63, 3.8) is 0 Å². The largest absolute Gasteiger partial charge is 0.391 e. The molecule has 1 aliphatic carbocycles. The van der Waals surface area contributed by atoms with Gasteiger partial charge >= 0.3 is 0 Å². The van der Waals surface area contributed by atoms with Gasteiger partial charge in [0.05, 0.1) is 12.7 Å². The highest BCUT2D eigenvalue weighted by Crippen LogP contribution is 2.38. The number of ether oxygens (including phenoxy) is 2. The summed E-state index contributed by atoms with van der Waals surface area (Å²) in [4.78, 5) is 0. The highest BCUT2D eigenvalue weighted by molar-refractivity contribution is 4.83. The van der Waals surface area contributed by atoms with Gasteiger partial charge in [0.25, 0.3) is 0 Å². The average Bonchev–Trinajstić information content (AvgIpc) is 2.51. The number of rotatable bonds is 1. The second kappa shape index (κ2) is 3.56. The second-order valence-electron chi connectivity index (χ2n) is 4.18. The Bertz CT molecular complexity index is 173. The van der Waals surface area contributed by atoms with E-state index in [1.165, 1.54) is 19.3 Å². The van der Waals surface area contributed by atoms with Crippen LogP contribution in [-0.2, 0) is 9.47 Å². The Morgan fingerprint density at radius 1 is 1.31 bits per heavy atom. The first kappa shape index (κ1) is 9.44. The van der Waals surface area contributed by atoms with Crippen LogP contribution in [0.5, 0.6) is 0 Å². The Kier molecular flexibility index (Phi) is 2.58. The van der Waals surface area contributed by atoms with Crippen molar-refractivity contribution in [2.45, 2.75) is 57.0 Å². The monoisotopic (exact) mass is 186 g/mol. The molecule has 13 heavy (non-hydrogen) atoms. The fourth-order valence-corrected chi connectivity index (χ4v) is 2.17. The molecular formula is C10H18O3. The van der Waals surface area contributed by atoms with Crippen LogP contribution in [0.3, 0.4) is 0 Å². The molecule has 0 amide bonds. The van der Waals surface area contributed by atoms with Gasteiger partial charge in [-0.05, 0) is 19.8 Å². The molecule has 1 spiro atoms. The molecule has 0 bridgehead atoms. The lowest BCUT2D eigenvalue weighted by atomic mass is 9.94. The second-order valence-corrected chi connectivity index (χ2v) is 4.18. The van der Waals surface area contributed by atoms with Crippen molar-refractivity contribution in [2.24, 2.45) is 0 Å². The summed E-state index contributed by atoms with van der Waals surface area (Å²) in [5, 5.41) is 9.36. The van der Waals surface area contributed by atoms with Gasteiger partial charge in [0.1, 0.15) is 6.10 Å². The summed E-state index contributed by atoms with van der Waals surface area (Å²) in [6.07, 6.45) is 5.12. The first-order valence-corrected chi connectivity index (χ1v) is 5.22. The number of aliphatic hydroxyl groups excluding tert-OH is 1. The third-order valence-corrected chi connectivity index (χ3v) is 3.03. The first-order valence-electron chi connectivity index (χ1n) is 5.22. The maximum atomic E-state index is 9.36. The zero-order valence-electron chi connectivity index (χ0n) is 8.16. The number of hydrogen-bond acceptors (Lipinski definition) is 3. The molecular weight excluding hydrogens is 168 g/mol. The van der Waals surface area contributed by atoms with Crippen LogP contribution in [0.2, 0.25) is 0 Å². The summed E-state index contributed by atoms with van der Waals surface area (Å²) in [5.74, 6) is -0.333. The Hall–Kier alpha value is -0.120. The summed E-state index contributed by atoms with van der Waals surface area (Å²) in [7, 11) is 0. The van der Waals surface area contributed by atoms with Crippen molar-refractivity contribution < 1.29 is 14.6 Å². The minimum Gasteiger partial charge on any atom is -0.391 e. The SMILES string of the molecule is C[C@@H](O)[C@@H]1COC2(CCCCC2)O1. The van der Waals surface area contributed by atoms with Crippen LogP contribution >= 0.6 is 0 Å². The Balaban J connectivity index is 1.94. The molecule has 3 nitrogen and oxygen atoms in total. The molecule has 3 heteroatoms. The van der Waals surface area contributed by atoms with Gasteiger partial charge in [-0.3, -0.25) is 0 Å². The molecule has 2 fully saturated rings. The van der Waals surface area contributed by atoms with Crippen molar-refractivity contribution in [3.8, 4) is 0 Å². The highest BCUT2D eigenvalue weighted by Gasteiger charge is 2.43. The van der Waals surface area contributed by atoms with E-state index < -0.39 is 6.10 Å². The summed E-state index contributed by atoms with van der Waals surface area (Å²) in [6.45, 7) is 2.31. The third-order valence-electron chi connectivity index (χ3n) is 3.03. The molecule has 0 unspecified atom stereocenters. The van der Waals surface area contributed by atoms with E-state index in [9.17, 15) is 5.11 Å². The zero-order valence-corrected chi connectivity index (χ0v) is 8.16. The molecule has 0 radical (unpaired) electrons. The molecule has 0 aromatic rings. The van der Waals surface area contributed by atoms with Gasteiger partial charge in [0.15, 0.2) is 5.79 Å². The van der Waals surface area contributed by atoms with E-state index in [2.05, 4.69) is 0 Å². The predicted molar refractivity (Wildman–Crippen MR) is 48.3 cm³/mol. The van der Waals surface area contributed by atoms with Crippen molar-refractivity contribution in [1.82, 2.24) is 0 Å². The topological polar surface area (TPSA) is 38.7 Å². The van der Waals surface area contributed by atoms with Crippen LogP contribution in [0.4, 0.5) is 0 Å². The zero-order chi connectivity index (χ0) is 9.31. The van der Waals surface area contributed by atoms with Crippen LogP contribution in [-0.4, -0.2) is 29.7 Å². The lowest BCUT2D eigenvalue weighted by Crippen LogP contribution is -2.35. The standard InChI is InChI=1S/C10H18O3/c1-8(11)9-7-12-10(13-9)5-3-2-4-6-10/h8-9,11H,2-7H2,1H3/t8-,9+/m1/s1. The molecule has 2 atom stereocenters. The first-order chi connectivity index (χ1) is 6.22. The maximum Gasteiger partial charge on any atom is 0.169 e. The molecule has 2 rings (SSSR count). The fourth-order valence-electron chi connectivity index (χ4n) is 2.17. The van der Waals surface area contributed by atoms with E-state index in [-0.39, 0.29) is 11.9 Å². The van der Waals surface area contributed by atoms with E-state index >= 15 is 0 Å². The van der Waals surface area contributed by atoms with E-state index in [4.69, 9.17) is 9.47 Å². The van der Waals surface area contributed by atoms with Gasteiger partial charge in [-0.2, -0.15) is 0 Å².